The molecule has 4 aromatic rings. The highest BCUT2D eigenvalue weighted by Crippen LogP contribution is 2.42. The zero-order valence-corrected chi connectivity index (χ0v) is 18.5. The maximum Gasteiger partial charge on any atom is 0.304 e. The largest absolute Gasteiger partial charge is 0.481 e. The minimum absolute atomic E-state index is 0.0270. The van der Waals surface area contributed by atoms with Gasteiger partial charge in [0.25, 0.3) is 0 Å². The van der Waals surface area contributed by atoms with E-state index in [9.17, 15) is 10.1 Å². The molecule has 6 heteroatoms. The Morgan fingerprint density at radius 1 is 1.15 bits per heavy atom. The van der Waals surface area contributed by atoms with Gasteiger partial charge in [-0.2, -0.15) is 5.26 Å². The van der Waals surface area contributed by atoms with Crippen LogP contribution in [0.25, 0.3) is 33.4 Å². The number of halogens is 1. The van der Waals surface area contributed by atoms with E-state index in [2.05, 4.69) is 17.5 Å². The molecule has 1 aliphatic carbocycles. The standard InChI is InChI=1S/C27H21ClN2O3/c28-26-18(16-5-2-1-3-6-16)7-4-8-20(26)24-14-17-13-21-19(22(15-29)27(17)33-24)9-10-23(21)30-12-11-25(31)32/h1-8,13-14,23,30H,9-12H2,(H,31,32). The molecule has 164 valence electrons. The zero-order valence-electron chi connectivity index (χ0n) is 17.8. The van der Waals surface area contributed by atoms with E-state index in [0.717, 1.165) is 46.0 Å². The van der Waals surface area contributed by atoms with Crippen LogP contribution in [-0.2, 0) is 11.2 Å². The van der Waals surface area contributed by atoms with E-state index >= 15 is 0 Å². The van der Waals surface area contributed by atoms with E-state index in [1.54, 1.807) is 0 Å². The highest BCUT2D eigenvalue weighted by molar-refractivity contribution is 6.36. The van der Waals surface area contributed by atoms with Gasteiger partial charge in [0.15, 0.2) is 5.58 Å². The number of carboxylic acids is 1. The van der Waals surface area contributed by atoms with Crippen molar-refractivity contribution in [1.82, 2.24) is 5.32 Å². The van der Waals surface area contributed by atoms with E-state index in [1.807, 2.05) is 54.6 Å². The molecule has 33 heavy (non-hydrogen) atoms. The second-order valence-corrected chi connectivity index (χ2v) is 8.56. The molecule has 0 amide bonds. The van der Waals surface area contributed by atoms with Crippen LogP contribution < -0.4 is 5.32 Å². The maximum atomic E-state index is 10.9. The SMILES string of the molecule is N#Cc1c2c(cc3cc(-c4cccc(-c5ccccc5)c4Cl)oc13)C(NCCC(=O)O)CC2. The smallest absolute Gasteiger partial charge is 0.304 e. The topological polar surface area (TPSA) is 86.3 Å². The summed E-state index contributed by atoms with van der Waals surface area (Å²) in [6, 6.07) is 22.1. The molecule has 1 aliphatic rings. The molecule has 0 saturated heterocycles. The van der Waals surface area contributed by atoms with E-state index in [4.69, 9.17) is 21.1 Å². The van der Waals surface area contributed by atoms with Gasteiger partial charge < -0.3 is 14.8 Å². The highest BCUT2D eigenvalue weighted by Gasteiger charge is 2.28. The van der Waals surface area contributed by atoms with Crippen LogP contribution in [0.15, 0.2) is 65.1 Å². The molecule has 0 bridgehead atoms. The summed E-state index contributed by atoms with van der Waals surface area (Å²) in [5.74, 6) is -0.216. The Kier molecular flexibility index (Phi) is 5.63. The van der Waals surface area contributed by atoms with Crippen molar-refractivity contribution in [2.75, 3.05) is 6.54 Å². The Balaban J connectivity index is 1.57. The summed E-state index contributed by atoms with van der Waals surface area (Å²) in [5, 5.41) is 23.6. The fraction of sp³-hybridized carbons (Fsp3) is 0.185. The quantitative estimate of drug-likeness (QED) is 0.353. The molecule has 0 fully saturated rings. The number of rotatable bonds is 6. The molecule has 5 nitrogen and oxygen atoms in total. The number of nitrogens with one attached hydrogen (secondary N) is 1. The van der Waals surface area contributed by atoms with Gasteiger partial charge in [-0.05, 0) is 47.7 Å². The molecule has 3 aromatic carbocycles. The number of aliphatic carboxylic acids is 1. The predicted octanol–water partition coefficient (Wildman–Crippen LogP) is 6.34. The first-order chi connectivity index (χ1) is 16.1. The van der Waals surface area contributed by atoms with Crippen LogP contribution in [0.1, 0.15) is 35.6 Å². The predicted molar refractivity (Wildman–Crippen MR) is 128 cm³/mol. The average molecular weight is 457 g/mol. The summed E-state index contributed by atoms with van der Waals surface area (Å²) in [5.41, 5.74) is 5.84. The molecular weight excluding hydrogens is 436 g/mol. The maximum absolute atomic E-state index is 10.9. The Morgan fingerprint density at radius 3 is 2.70 bits per heavy atom. The first-order valence-electron chi connectivity index (χ1n) is 10.9. The van der Waals surface area contributed by atoms with Crippen molar-refractivity contribution in [2.45, 2.75) is 25.3 Å². The lowest BCUT2D eigenvalue weighted by Gasteiger charge is -2.13. The Morgan fingerprint density at radius 2 is 1.94 bits per heavy atom. The summed E-state index contributed by atoms with van der Waals surface area (Å²) in [4.78, 5) is 10.9. The molecule has 1 aromatic heterocycles. The zero-order chi connectivity index (χ0) is 22.9. The van der Waals surface area contributed by atoms with Crippen LogP contribution in [0.3, 0.4) is 0 Å². The molecule has 1 unspecified atom stereocenters. The summed E-state index contributed by atoms with van der Waals surface area (Å²) in [6.07, 6.45) is 1.64. The lowest BCUT2D eigenvalue weighted by molar-refractivity contribution is -0.136. The van der Waals surface area contributed by atoms with Gasteiger partial charge in [0.1, 0.15) is 11.8 Å². The van der Waals surface area contributed by atoms with Crippen LogP contribution in [0.4, 0.5) is 0 Å². The molecule has 5 rings (SSSR count). The fourth-order valence-corrected chi connectivity index (χ4v) is 4.98. The number of carbonyl (C=O) groups is 1. The molecular formula is C27H21ClN2O3. The first-order valence-corrected chi connectivity index (χ1v) is 11.2. The van der Waals surface area contributed by atoms with Crippen molar-refractivity contribution in [3.05, 3.63) is 82.4 Å². The van der Waals surface area contributed by atoms with Gasteiger partial charge in [-0.3, -0.25) is 4.79 Å². The fourth-order valence-electron chi connectivity index (χ4n) is 4.65. The van der Waals surface area contributed by atoms with Crippen LogP contribution >= 0.6 is 11.6 Å². The third-order valence-corrected chi connectivity index (χ3v) is 6.61. The van der Waals surface area contributed by atoms with Gasteiger partial charge in [-0.15, -0.1) is 0 Å². The van der Waals surface area contributed by atoms with E-state index in [0.29, 0.717) is 28.5 Å². The van der Waals surface area contributed by atoms with Gasteiger partial charge in [0.05, 0.1) is 17.0 Å². The number of furan rings is 1. The number of carboxylic acid groups (broad SMARTS) is 1. The van der Waals surface area contributed by atoms with Crippen molar-refractivity contribution in [3.8, 4) is 28.5 Å². The highest BCUT2D eigenvalue weighted by atomic mass is 35.5. The van der Waals surface area contributed by atoms with Gasteiger partial charge in [0.2, 0.25) is 0 Å². The second-order valence-electron chi connectivity index (χ2n) is 8.18. The number of hydrogen-bond acceptors (Lipinski definition) is 4. The molecule has 2 N–H and O–H groups in total. The number of benzene rings is 3. The van der Waals surface area contributed by atoms with Gasteiger partial charge >= 0.3 is 5.97 Å². The second kappa shape index (κ2) is 8.74. The van der Waals surface area contributed by atoms with Crippen molar-refractivity contribution in [2.24, 2.45) is 0 Å². The lowest BCUT2D eigenvalue weighted by atomic mass is 9.99. The van der Waals surface area contributed by atoms with Crippen LogP contribution in [-0.4, -0.2) is 17.6 Å². The molecule has 0 aliphatic heterocycles. The number of nitriles is 1. The molecule has 0 spiro atoms. The van der Waals surface area contributed by atoms with Crippen molar-refractivity contribution in [3.63, 3.8) is 0 Å². The molecule has 1 atom stereocenters. The third kappa shape index (κ3) is 3.89. The molecule has 0 saturated carbocycles. The summed E-state index contributed by atoms with van der Waals surface area (Å²) in [7, 11) is 0. The minimum Gasteiger partial charge on any atom is -0.481 e. The van der Waals surface area contributed by atoms with Crippen molar-refractivity contribution < 1.29 is 14.3 Å². The minimum atomic E-state index is -0.831. The third-order valence-electron chi connectivity index (χ3n) is 6.20. The van der Waals surface area contributed by atoms with Gasteiger partial charge in [0, 0.05) is 29.1 Å². The van der Waals surface area contributed by atoms with E-state index < -0.39 is 5.97 Å². The van der Waals surface area contributed by atoms with Gasteiger partial charge in [-0.25, -0.2) is 0 Å². The van der Waals surface area contributed by atoms with E-state index in [-0.39, 0.29) is 12.5 Å². The summed E-state index contributed by atoms with van der Waals surface area (Å²) >= 11 is 6.80. The molecule has 1 heterocycles. The van der Waals surface area contributed by atoms with Crippen molar-refractivity contribution in [1.29, 1.82) is 5.26 Å². The van der Waals surface area contributed by atoms with Crippen LogP contribution in [0, 0.1) is 11.3 Å². The summed E-state index contributed by atoms with van der Waals surface area (Å²) in [6.45, 7) is 0.387. The van der Waals surface area contributed by atoms with Gasteiger partial charge in [-0.1, -0.05) is 54.1 Å². The Hall–Kier alpha value is -3.59. The van der Waals surface area contributed by atoms with Crippen LogP contribution in [0.2, 0.25) is 5.02 Å². The Labute approximate surface area is 196 Å². The summed E-state index contributed by atoms with van der Waals surface area (Å²) < 4.78 is 6.22. The number of fused-ring (bicyclic) bond motifs is 2. The number of hydrogen-bond donors (Lipinski definition) is 2. The van der Waals surface area contributed by atoms with Crippen molar-refractivity contribution >= 4 is 28.5 Å². The monoisotopic (exact) mass is 456 g/mol. The van der Waals surface area contributed by atoms with E-state index in [1.165, 1.54) is 0 Å². The van der Waals surface area contributed by atoms with Crippen LogP contribution in [0.5, 0.6) is 0 Å². The normalized spacial score (nSPS) is 14.8. The lowest BCUT2D eigenvalue weighted by Crippen LogP contribution is -2.22. The first kappa shape index (κ1) is 21.3. The Bertz CT molecular complexity index is 1400. The number of nitrogens with zero attached hydrogens (tertiary/aromatic N) is 1. The average Bonchev–Trinajstić information content (AvgIpc) is 3.42. The molecule has 0 radical (unpaired) electrons.